The van der Waals surface area contributed by atoms with Crippen molar-refractivity contribution in [2.24, 2.45) is 0 Å². The minimum Gasteiger partial charge on any atom is -0.343 e. The van der Waals surface area contributed by atoms with Gasteiger partial charge in [0.1, 0.15) is 24.2 Å². The molecule has 18 nitrogen and oxygen atoms in total. The van der Waals surface area contributed by atoms with Gasteiger partial charge < -0.3 is 51.5 Å². The topological polar surface area (TPSA) is 222 Å². The number of likely N-dealkylation sites (N-methyl/N-ethyl adjacent to an activating group) is 2. The third-order valence-corrected chi connectivity index (χ3v) is 17.4. The molecule has 4 aliphatic rings. The number of benzene rings is 5. The average Bonchev–Trinajstić information content (AvgIpc) is 3.45. The minimum atomic E-state index is -1.08. The molecule has 8 amide bonds. The molecule has 4 fully saturated rings. The summed E-state index contributed by atoms with van der Waals surface area (Å²) in [4.78, 5) is 120. The number of carbonyl (C=O) groups excluding carboxylic acids is 8. The molecule has 0 saturated carbocycles. The molecule has 4 aliphatic heterocycles. The lowest BCUT2D eigenvalue weighted by Crippen LogP contribution is -2.62. The lowest BCUT2D eigenvalue weighted by Gasteiger charge is -2.39. The molecule has 1 unspecified atom stereocenters. The summed E-state index contributed by atoms with van der Waals surface area (Å²) in [5.41, 5.74) is 5.45. The van der Waals surface area contributed by atoms with E-state index in [0.717, 1.165) is 33.4 Å². The van der Waals surface area contributed by atoms with Gasteiger partial charge in [0.15, 0.2) is 0 Å². The first-order valence-electron chi connectivity index (χ1n) is 29.7. The van der Waals surface area contributed by atoms with E-state index in [1.165, 1.54) is 0 Å². The molecule has 6 N–H and O–H groups in total. The number of hydrogen-bond acceptors (Lipinski definition) is 10. The van der Waals surface area contributed by atoms with Crippen LogP contribution in [0.3, 0.4) is 0 Å². The third kappa shape index (κ3) is 14.6. The van der Waals surface area contributed by atoms with Crippen molar-refractivity contribution in [1.29, 1.82) is 0 Å². The third-order valence-electron chi connectivity index (χ3n) is 17.4. The molecule has 0 aliphatic carbocycles. The van der Waals surface area contributed by atoms with Gasteiger partial charge in [0.2, 0.25) is 47.3 Å². The number of nitrogens with one attached hydrogen (secondary N) is 6. The fourth-order valence-electron chi connectivity index (χ4n) is 12.3. The Morgan fingerprint density at radius 3 is 1.08 bits per heavy atom. The van der Waals surface area contributed by atoms with Crippen LogP contribution in [0.2, 0.25) is 0 Å². The van der Waals surface area contributed by atoms with E-state index in [4.69, 9.17) is 0 Å². The zero-order valence-corrected chi connectivity index (χ0v) is 48.6. The lowest BCUT2D eigenvalue weighted by molar-refractivity contribution is -0.147. The molecule has 4 heterocycles. The first-order valence-corrected chi connectivity index (χ1v) is 29.7. The van der Waals surface area contributed by atoms with E-state index in [2.05, 4.69) is 31.9 Å². The number of aryl methyl sites for hydroxylation is 2. The Bertz CT molecular complexity index is 2800. The van der Waals surface area contributed by atoms with Crippen LogP contribution < -0.4 is 31.9 Å². The van der Waals surface area contributed by atoms with Crippen molar-refractivity contribution in [2.45, 2.75) is 138 Å². The van der Waals surface area contributed by atoms with E-state index in [-0.39, 0.29) is 61.6 Å². The molecule has 0 bridgehead atoms. The summed E-state index contributed by atoms with van der Waals surface area (Å²) in [6.45, 7) is 3.98. The molecule has 18 heteroatoms. The van der Waals surface area contributed by atoms with Crippen molar-refractivity contribution in [3.05, 3.63) is 179 Å². The standard InChI is InChI=1S/C66H80N10O8/c1-43(67-3)61(79)69-53-41-73(39-37-51-31-33-55(75(51)65(53)83)63(81)71-59(47-17-9-5-10-18-47)48-19-11-6-12-20-48)57(77)35-29-45-25-27-46(28-26-45)30-36-58(78)74-40-38-52-32-34-56(76(52)66(84)54(42-74)70-62(80)44(2)68-4)64(82)72-60(49-21-13-7-14-22-49)50-23-15-8-16-24-50/h5-28,43-44,51-56,59-60,67-68H,29-42H2,1-4H3,(H,69,79)(H,70,80)(H,71,81)(H,72,82)/t43-,44?,51+,52+,53-,54-,55-,56-/m0/s1. The van der Waals surface area contributed by atoms with E-state index < -0.39 is 72.0 Å². The van der Waals surface area contributed by atoms with Gasteiger partial charge in [-0.2, -0.15) is 0 Å². The van der Waals surface area contributed by atoms with Gasteiger partial charge in [0.25, 0.3) is 0 Å². The fraction of sp³-hybridized carbons (Fsp3) is 0.424. The lowest BCUT2D eigenvalue weighted by atomic mass is 9.98. The zero-order valence-electron chi connectivity index (χ0n) is 48.6. The molecule has 5 aromatic rings. The summed E-state index contributed by atoms with van der Waals surface area (Å²) in [6, 6.07) is 40.1. The highest BCUT2D eigenvalue weighted by atomic mass is 16.2. The van der Waals surface area contributed by atoms with E-state index in [1.54, 1.807) is 47.5 Å². The van der Waals surface area contributed by atoms with E-state index in [1.807, 2.05) is 146 Å². The van der Waals surface area contributed by atoms with Gasteiger partial charge in [-0.25, -0.2) is 0 Å². The maximum absolute atomic E-state index is 14.7. The Kier molecular flexibility index (Phi) is 20.4. The summed E-state index contributed by atoms with van der Waals surface area (Å²) in [5.74, 6) is -2.45. The van der Waals surface area contributed by atoms with Crippen LogP contribution in [0.1, 0.15) is 111 Å². The van der Waals surface area contributed by atoms with E-state index in [9.17, 15) is 38.4 Å². The fourth-order valence-corrected chi connectivity index (χ4v) is 12.3. The first kappa shape index (κ1) is 60.4. The van der Waals surface area contributed by atoms with Gasteiger partial charge >= 0.3 is 0 Å². The Labute approximate surface area is 492 Å². The number of hydrogen-bond donors (Lipinski definition) is 6. The predicted octanol–water partition coefficient (Wildman–Crippen LogP) is 4.73. The van der Waals surface area contributed by atoms with Crippen LogP contribution in [0.5, 0.6) is 0 Å². The number of amides is 8. The Morgan fingerprint density at radius 2 is 0.774 bits per heavy atom. The van der Waals surface area contributed by atoms with E-state index >= 15 is 0 Å². The highest BCUT2D eigenvalue weighted by Crippen LogP contribution is 2.33. The largest absolute Gasteiger partial charge is 0.343 e. The SMILES string of the molecule is CNC(C)C(=O)N[C@H]1CN(C(=O)CCc2ccc(CCC(=O)N3CC[C@H]4CC[C@@H](C(=O)NC(c5ccccc5)c5ccccc5)N4C(=O)[C@@H](NC(=O)[C@H](C)NC)C3)cc2)CC[C@H]2CC[C@@H](C(=O)NC(c3ccccc3)c3ccccc3)N2C1=O. The summed E-state index contributed by atoms with van der Waals surface area (Å²) >= 11 is 0. The summed E-state index contributed by atoms with van der Waals surface area (Å²) in [5, 5.41) is 18.2. The number of fused-ring (bicyclic) bond motifs is 2. The van der Waals surface area contributed by atoms with Gasteiger partial charge in [0.05, 0.1) is 24.2 Å². The summed E-state index contributed by atoms with van der Waals surface area (Å²) < 4.78 is 0. The Hall–Kier alpha value is -8.22. The monoisotopic (exact) mass is 1140 g/mol. The van der Waals surface area contributed by atoms with Crippen molar-refractivity contribution in [3.63, 3.8) is 0 Å². The van der Waals surface area contributed by atoms with Gasteiger partial charge in [-0.1, -0.05) is 146 Å². The van der Waals surface area contributed by atoms with Gasteiger partial charge in [-0.05, 0) is 113 Å². The first-order chi connectivity index (χ1) is 40.7. The summed E-state index contributed by atoms with van der Waals surface area (Å²) in [6.07, 6.45) is 4.12. The molecular formula is C66H80N10O8. The van der Waals surface area contributed by atoms with Crippen molar-refractivity contribution in [1.82, 2.24) is 51.5 Å². The average molecular weight is 1140 g/mol. The normalized spacial score (nSPS) is 21.5. The number of rotatable bonds is 20. The highest BCUT2D eigenvalue weighted by Gasteiger charge is 2.48. The Morgan fingerprint density at radius 1 is 0.452 bits per heavy atom. The maximum Gasteiger partial charge on any atom is 0.247 e. The van der Waals surface area contributed by atoms with Crippen molar-refractivity contribution in [3.8, 4) is 0 Å². The molecule has 5 aromatic carbocycles. The smallest absolute Gasteiger partial charge is 0.247 e. The molecule has 8 atom stereocenters. The molecule has 0 aromatic heterocycles. The molecular weight excluding hydrogens is 1060 g/mol. The van der Waals surface area contributed by atoms with Crippen molar-refractivity contribution >= 4 is 47.3 Å². The second-order valence-electron chi connectivity index (χ2n) is 22.7. The number of carbonyl (C=O) groups is 8. The second-order valence-corrected chi connectivity index (χ2v) is 22.7. The van der Waals surface area contributed by atoms with Gasteiger partial charge in [0, 0.05) is 51.1 Å². The van der Waals surface area contributed by atoms with Crippen LogP contribution in [-0.2, 0) is 51.2 Å². The van der Waals surface area contributed by atoms with Crippen LogP contribution in [0, 0.1) is 0 Å². The van der Waals surface area contributed by atoms with Crippen molar-refractivity contribution < 1.29 is 38.4 Å². The molecule has 9 rings (SSSR count). The van der Waals surface area contributed by atoms with Crippen LogP contribution in [0.15, 0.2) is 146 Å². The van der Waals surface area contributed by atoms with Crippen LogP contribution in [0.25, 0.3) is 0 Å². The van der Waals surface area contributed by atoms with Crippen LogP contribution in [0.4, 0.5) is 0 Å². The molecule has 442 valence electrons. The number of nitrogens with zero attached hydrogens (tertiary/aromatic N) is 4. The van der Waals surface area contributed by atoms with Crippen LogP contribution >= 0.6 is 0 Å². The molecule has 4 saturated heterocycles. The molecule has 0 spiro atoms. The molecule has 84 heavy (non-hydrogen) atoms. The summed E-state index contributed by atoms with van der Waals surface area (Å²) in [7, 11) is 3.31. The highest BCUT2D eigenvalue weighted by molar-refractivity contribution is 5.96. The second kappa shape index (κ2) is 28.4. The zero-order chi connectivity index (χ0) is 59.3. The van der Waals surface area contributed by atoms with Gasteiger partial charge in [-0.15, -0.1) is 0 Å². The maximum atomic E-state index is 14.7. The minimum absolute atomic E-state index is 0.0459. The van der Waals surface area contributed by atoms with Gasteiger partial charge in [-0.3, -0.25) is 38.4 Å². The molecule has 0 radical (unpaired) electrons. The quantitative estimate of drug-likeness (QED) is 0.0629. The van der Waals surface area contributed by atoms with E-state index in [0.29, 0.717) is 64.5 Å². The predicted molar refractivity (Wildman–Crippen MR) is 319 cm³/mol. The van der Waals surface area contributed by atoms with Crippen LogP contribution in [-0.4, -0.2) is 155 Å². The Balaban J connectivity index is 0.812. The van der Waals surface area contributed by atoms with Crippen molar-refractivity contribution in [2.75, 3.05) is 40.3 Å².